The van der Waals surface area contributed by atoms with Gasteiger partial charge in [0, 0.05) is 28.9 Å². The van der Waals surface area contributed by atoms with Crippen LogP contribution in [-0.4, -0.2) is 28.9 Å². The van der Waals surface area contributed by atoms with Gasteiger partial charge in [-0.25, -0.2) is 4.98 Å². The number of anilines is 1. The molecule has 1 aliphatic rings. The Hall–Kier alpha value is -3.53. The number of benzene rings is 2. The number of hydrogen-bond acceptors (Lipinski definition) is 5. The Morgan fingerprint density at radius 2 is 1.97 bits per heavy atom. The molecule has 4 aromatic rings. The number of para-hydroxylation sites is 1. The van der Waals surface area contributed by atoms with Crippen LogP contribution < -0.4 is 5.32 Å². The van der Waals surface area contributed by atoms with Gasteiger partial charge >= 0.3 is 0 Å². The van der Waals surface area contributed by atoms with Crippen molar-refractivity contribution >= 4 is 33.1 Å². The smallest absolute Gasteiger partial charge is 0.257 e. The van der Waals surface area contributed by atoms with E-state index < -0.39 is 0 Å². The van der Waals surface area contributed by atoms with Crippen LogP contribution in [0, 0.1) is 11.3 Å². The second kappa shape index (κ2) is 8.54. The van der Waals surface area contributed by atoms with E-state index in [1.807, 2.05) is 60.7 Å². The molecule has 1 amide bonds. The minimum absolute atomic E-state index is 0.219. The highest BCUT2D eigenvalue weighted by Crippen LogP contribution is 2.37. The first-order valence-electron chi connectivity index (χ1n) is 10.7. The lowest BCUT2D eigenvalue weighted by atomic mass is 10.0. The molecule has 5 rings (SSSR count). The summed E-state index contributed by atoms with van der Waals surface area (Å²) in [6.45, 7) is 4.90. The number of thiophene rings is 1. The van der Waals surface area contributed by atoms with Gasteiger partial charge in [-0.2, -0.15) is 5.26 Å². The van der Waals surface area contributed by atoms with E-state index in [2.05, 4.69) is 23.2 Å². The number of aromatic nitrogens is 1. The molecule has 1 aliphatic heterocycles. The molecule has 0 bridgehead atoms. The molecule has 6 heteroatoms. The maximum atomic E-state index is 13.5. The van der Waals surface area contributed by atoms with Gasteiger partial charge in [-0.15, -0.1) is 11.3 Å². The molecule has 0 atom stereocenters. The minimum Gasteiger partial charge on any atom is -0.312 e. The second-order valence-electron chi connectivity index (χ2n) is 7.83. The van der Waals surface area contributed by atoms with Gasteiger partial charge in [-0.05, 0) is 30.7 Å². The summed E-state index contributed by atoms with van der Waals surface area (Å²) in [5.41, 5.74) is 4.72. The topological polar surface area (TPSA) is 69.0 Å². The van der Waals surface area contributed by atoms with E-state index in [4.69, 9.17) is 4.98 Å². The fourth-order valence-electron chi connectivity index (χ4n) is 4.22. The highest BCUT2D eigenvalue weighted by molar-refractivity contribution is 7.16. The predicted molar refractivity (Wildman–Crippen MR) is 129 cm³/mol. The summed E-state index contributed by atoms with van der Waals surface area (Å²) in [4.78, 5) is 21.8. The Morgan fingerprint density at radius 1 is 1.19 bits per heavy atom. The Labute approximate surface area is 190 Å². The Kier molecular flexibility index (Phi) is 5.44. The zero-order valence-corrected chi connectivity index (χ0v) is 18.6. The summed E-state index contributed by atoms with van der Waals surface area (Å²) >= 11 is 1.52. The molecule has 0 radical (unpaired) electrons. The third-order valence-corrected chi connectivity index (χ3v) is 7.08. The third kappa shape index (κ3) is 3.66. The fraction of sp³-hybridized carbons (Fsp3) is 0.192. The van der Waals surface area contributed by atoms with Gasteiger partial charge in [0.15, 0.2) is 0 Å². The van der Waals surface area contributed by atoms with Crippen LogP contribution in [0.15, 0.2) is 60.7 Å². The molecule has 0 unspecified atom stereocenters. The molecule has 1 N–H and O–H groups in total. The van der Waals surface area contributed by atoms with E-state index in [0.717, 1.165) is 53.8 Å². The average Bonchev–Trinajstić information content (AvgIpc) is 3.19. The molecule has 0 fully saturated rings. The number of carbonyl (C=O) groups excluding carboxylic acids is 1. The number of nitrogens with zero attached hydrogens (tertiary/aromatic N) is 3. The van der Waals surface area contributed by atoms with Crippen LogP contribution in [0.3, 0.4) is 0 Å². The summed E-state index contributed by atoms with van der Waals surface area (Å²) in [5, 5.41) is 14.3. The van der Waals surface area contributed by atoms with E-state index in [1.165, 1.54) is 16.2 Å². The van der Waals surface area contributed by atoms with E-state index in [0.29, 0.717) is 16.1 Å². The van der Waals surface area contributed by atoms with Crippen molar-refractivity contribution in [3.05, 3.63) is 82.2 Å². The average molecular weight is 439 g/mol. The van der Waals surface area contributed by atoms with Crippen molar-refractivity contribution in [1.82, 2.24) is 9.88 Å². The van der Waals surface area contributed by atoms with Crippen LogP contribution in [0.1, 0.15) is 33.3 Å². The van der Waals surface area contributed by atoms with E-state index in [1.54, 1.807) is 0 Å². The van der Waals surface area contributed by atoms with Crippen molar-refractivity contribution in [2.45, 2.75) is 19.9 Å². The summed E-state index contributed by atoms with van der Waals surface area (Å²) in [6.07, 6.45) is 0.842. The van der Waals surface area contributed by atoms with Crippen LogP contribution in [0.5, 0.6) is 0 Å². The summed E-state index contributed by atoms with van der Waals surface area (Å²) in [5.74, 6) is -0.219. The van der Waals surface area contributed by atoms with E-state index in [9.17, 15) is 10.1 Å². The van der Waals surface area contributed by atoms with Crippen LogP contribution >= 0.6 is 11.3 Å². The highest BCUT2D eigenvalue weighted by atomic mass is 32.1. The second-order valence-corrected chi connectivity index (χ2v) is 8.94. The number of nitrogens with one attached hydrogen (secondary N) is 1. The first-order chi connectivity index (χ1) is 15.7. The van der Waals surface area contributed by atoms with Crippen LogP contribution in [0.4, 0.5) is 5.00 Å². The van der Waals surface area contributed by atoms with Crippen molar-refractivity contribution < 1.29 is 4.79 Å². The molecule has 5 nitrogen and oxygen atoms in total. The Balaban J connectivity index is 1.55. The lowest BCUT2D eigenvalue weighted by Crippen LogP contribution is -2.29. The zero-order valence-electron chi connectivity index (χ0n) is 17.8. The maximum absolute atomic E-state index is 13.5. The lowest BCUT2D eigenvalue weighted by molar-refractivity contribution is 0.102. The number of carbonyl (C=O) groups is 1. The SMILES string of the molecule is CCN1CCc2c(sc(NC(=O)c3cc(-c4ccccc4)nc4ccccc34)c2C#N)C1. The summed E-state index contributed by atoms with van der Waals surface area (Å²) < 4.78 is 0. The van der Waals surface area contributed by atoms with Crippen molar-refractivity contribution in [3.63, 3.8) is 0 Å². The van der Waals surface area contributed by atoms with Crippen molar-refractivity contribution in [3.8, 4) is 17.3 Å². The van der Waals surface area contributed by atoms with Crippen LogP contribution in [-0.2, 0) is 13.0 Å². The summed E-state index contributed by atoms with van der Waals surface area (Å²) in [6, 6.07) is 21.7. The van der Waals surface area contributed by atoms with Gasteiger partial charge in [-0.1, -0.05) is 55.5 Å². The van der Waals surface area contributed by atoms with Crippen LogP contribution in [0.25, 0.3) is 22.2 Å². The number of nitriles is 1. The molecule has 3 heterocycles. The maximum Gasteiger partial charge on any atom is 0.257 e. The van der Waals surface area contributed by atoms with Gasteiger partial charge in [0.1, 0.15) is 11.1 Å². The molecule has 158 valence electrons. The van der Waals surface area contributed by atoms with Gasteiger partial charge < -0.3 is 5.32 Å². The van der Waals surface area contributed by atoms with Crippen molar-refractivity contribution in [2.24, 2.45) is 0 Å². The molecule has 0 saturated carbocycles. The molecule has 2 aromatic heterocycles. The Morgan fingerprint density at radius 3 is 2.75 bits per heavy atom. The highest BCUT2D eigenvalue weighted by Gasteiger charge is 2.25. The molecule has 32 heavy (non-hydrogen) atoms. The fourth-order valence-corrected chi connectivity index (χ4v) is 5.46. The molecule has 0 spiro atoms. The number of rotatable bonds is 4. The molecule has 2 aromatic carbocycles. The van der Waals surface area contributed by atoms with Crippen LogP contribution in [0.2, 0.25) is 0 Å². The quantitative estimate of drug-likeness (QED) is 0.459. The predicted octanol–water partition coefficient (Wildman–Crippen LogP) is 5.47. The van der Waals surface area contributed by atoms with Crippen molar-refractivity contribution in [1.29, 1.82) is 5.26 Å². The van der Waals surface area contributed by atoms with Crippen molar-refractivity contribution in [2.75, 3.05) is 18.4 Å². The number of likely N-dealkylation sites (N-methyl/N-ethyl adjacent to an activating group) is 1. The number of hydrogen-bond donors (Lipinski definition) is 1. The van der Waals surface area contributed by atoms with Gasteiger partial charge in [0.2, 0.25) is 0 Å². The first kappa shape index (κ1) is 20.4. The lowest BCUT2D eigenvalue weighted by Gasteiger charge is -2.24. The zero-order chi connectivity index (χ0) is 22.1. The summed E-state index contributed by atoms with van der Waals surface area (Å²) in [7, 11) is 0. The molecular weight excluding hydrogens is 416 g/mol. The first-order valence-corrected chi connectivity index (χ1v) is 11.5. The molecular formula is C26H22N4OS. The van der Waals surface area contributed by atoms with Gasteiger partial charge in [0.25, 0.3) is 5.91 Å². The minimum atomic E-state index is -0.219. The monoisotopic (exact) mass is 438 g/mol. The number of amides is 1. The molecule has 0 saturated heterocycles. The van der Waals surface area contributed by atoms with Gasteiger partial charge in [0.05, 0.1) is 22.3 Å². The molecule has 0 aliphatic carbocycles. The number of fused-ring (bicyclic) bond motifs is 2. The normalized spacial score (nSPS) is 13.5. The number of pyridine rings is 1. The standard InChI is InChI=1S/C26H22N4OS/c1-2-30-13-12-19-21(15-27)26(32-24(19)16-30)29-25(31)20-14-23(17-8-4-3-5-9-17)28-22-11-7-6-10-18(20)22/h3-11,14H,2,12-13,16H2,1H3,(H,29,31). The van der Waals surface area contributed by atoms with Gasteiger partial charge in [-0.3, -0.25) is 9.69 Å². The Bertz CT molecular complexity index is 1350. The van der Waals surface area contributed by atoms with E-state index >= 15 is 0 Å². The third-order valence-electron chi connectivity index (χ3n) is 5.95. The van der Waals surface area contributed by atoms with E-state index in [-0.39, 0.29) is 5.91 Å². The largest absolute Gasteiger partial charge is 0.312 e.